The Kier molecular flexibility index (Phi) is 5.27. The van der Waals surface area contributed by atoms with Gasteiger partial charge in [-0.1, -0.05) is 12.1 Å². The van der Waals surface area contributed by atoms with Gasteiger partial charge in [-0.3, -0.25) is 9.59 Å². The Bertz CT molecular complexity index is 560. The van der Waals surface area contributed by atoms with Gasteiger partial charge in [0, 0.05) is 6.20 Å². The van der Waals surface area contributed by atoms with Crippen molar-refractivity contribution in [3.05, 3.63) is 35.9 Å². The van der Waals surface area contributed by atoms with Crippen molar-refractivity contribution < 1.29 is 14.3 Å². The molecule has 0 aliphatic carbocycles. The van der Waals surface area contributed by atoms with Crippen molar-refractivity contribution in [3.8, 4) is 5.75 Å². The van der Waals surface area contributed by atoms with Crippen LogP contribution >= 0.6 is 11.8 Å². The minimum Gasteiger partial charge on any atom is -0.492 e. The molecule has 21 heavy (non-hydrogen) atoms. The topological polar surface area (TPSA) is 58.6 Å². The number of ether oxygens (including phenoxy) is 1. The third-order valence-electron chi connectivity index (χ3n) is 3.05. The molecule has 0 saturated heterocycles. The van der Waals surface area contributed by atoms with E-state index in [0.29, 0.717) is 23.8 Å². The van der Waals surface area contributed by atoms with E-state index in [4.69, 9.17) is 4.74 Å². The number of rotatable bonds is 5. The van der Waals surface area contributed by atoms with Crippen LogP contribution in [0, 0.1) is 0 Å². The Morgan fingerprint density at radius 1 is 1.48 bits per heavy atom. The number of amides is 2. The highest BCUT2D eigenvalue weighted by Gasteiger charge is 2.26. The molecule has 1 aliphatic heterocycles. The molecule has 1 heterocycles. The molecule has 1 aromatic rings. The molecule has 0 bridgehead atoms. The molecule has 2 amide bonds. The molecular formula is C15H18N2O3S. The van der Waals surface area contributed by atoms with Crippen LogP contribution in [0.25, 0.3) is 0 Å². The number of carbonyl (C=O) groups is 2. The lowest BCUT2D eigenvalue weighted by atomic mass is 10.2. The normalized spacial score (nSPS) is 15.7. The van der Waals surface area contributed by atoms with Crippen LogP contribution in [0.4, 0.5) is 5.69 Å². The van der Waals surface area contributed by atoms with Crippen molar-refractivity contribution in [2.75, 3.05) is 17.7 Å². The second-order valence-corrected chi connectivity index (χ2v) is 5.39. The van der Waals surface area contributed by atoms with E-state index in [2.05, 4.69) is 5.32 Å². The third kappa shape index (κ3) is 3.78. The molecule has 0 aromatic heterocycles. The maximum absolute atomic E-state index is 12.3. The number of nitrogens with one attached hydrogen (secondary N) is 1. The van der Waals surface area contributed by atoms with Gasteiger partial charge < -0.3 is 15.0 Å². The molecule has 0 saturated carbocycles. The SMILES string of the molecule is CCOc1ccccc1NC(=O)C(C)N1C=CSCC1=O. The largest absolute Gasteiger partial charge is 0.492 e. The van der Waals surface area contributed by atoms with Crippen molar-refractivity contribution in [1.29, 1.82) is 0 Å². The molecule has 112 valence electrons. The van der Waals surface area contributed by atoms with E-state index in [1.807, 2.05) is 24.5 Å². The van der Waals surface area contributed by atoms with E-state index in [0.717, 1.165) is 0 Å². The van der Waals surface area contributed by atoms with E-state index in [9.17, 15) is 9.59 Å². The van der Waals surface area contributed by atoms with Crippen LogP contribution in [0.2, 0.25) is 0 Å². The number of hydrogen-bond acceptors (Lipinski definition) is 4. The second-order valence-electron chi connectivity index (χ2n) is 4.49. The van der Waals surface area contributed by atoms with Gasteiger partial charge in [-0.15, -0.1) is 11.8 Å². The van der Waals surface area contributed by atoms with E-state index < -0.39 is 6.04 Å². The van der Waals surface area contributed by atoms with Crippen molar-refractivity contribution >= 4 is 29.3 Å². The van der Waals surface area contributed by atoms with Gasteiger partial charge in [0.25, 0.3) is 0 Å². The van der Waals surface area contributed by atoms with Gasteiger partial charge in [0.1, 0.15) is 11.8 Å². The summed E-state index contributed by atoms with van der Waals surface area (Å²) in [7, 11) is 0. The van der Waals surface area contributed by atoms with Gasteiger partial charge >= 0.3 is 0 Å². The highest BCUT2D eigenvalue weighted by Crippen LogP contribution is 2.24. The quantitative estimate of drug-likeness (QED) is 0.908. The summed E-state index contributed by atoms with van der Waals surface area (Å²) in [6.07, 6.45) is 1.65. The summed E-state index contributed by atoms with van der Waals surface area (Å²) in [5.74, 6) is 0.677. The first-order chi connectivity index (χ1) is 10.1. The minimum absolute atomic E-state index is 0.0664. The maximum Gasteiger partial charge on any atom is 0.247 e. The zero-order valence-corrected chi connectivity index (χ0v) is 12.9. The van der Waals surface area contributed by atoms with Gasteiger partial charge in [-0.05, 0) is 31.4 Å². The number of anilines is 1. The van der Waals surface area contributed by atoms with Crippen LogP contribution in [0.3, 0.4) is 0 Å². The number of nitrogens with zero attached hydrogens (tertiary/aromatic N) is 1. The number of hydrogen-bond donors (Lipinski definition) is 1. The lowest BCUT2D eigenvalue weighted by Crippen LogP contribution is -2.44. The van der Waals surface area contributed by atoms with Crippen LogP contribution in [-0.2, 0) is 9.59 Å². The molecule has 0 spiro atoms. The number of thioether (sulfide) groups is 1. The van der Waals surface area contributed by atoms with Crippen LogP contribution in [0.1, 0.15) is 13.8 Å². The molecule has 1 aromatic carbocycles. The molecule has 1 atom stereocenters. The number of benzene rings is 1. The summed E-state index contributed by atoms with van der Waals surface area (Å²) >= 11 is 1.43. The Hall–Kier alpha value is -1.95. The molecule has 1 aliphatic rings. The molecule has 2 rings (SSSR count). The summed E-state index contributed by atoms with van der Waals surface area (Å²) in [5, 5.41) is 4.63. The molecule has 1 unspecified atom stereocenters. The van der Waals surface area contributed by atoms with Crippen molar-refractivity contribution in [2.24, 2.45) is 0 Å². The number of carbonyl (C=O) groups excluding carboxylic acids is 2. The summed E-state index contributed by atoms with van der Waals surface area (Å²) < 4.78 is 5.47. The molecule has 5 nitrogen and oxygen atoms in total. The van der Waals surface area contributed by atoms with Crippen LogP contribution in [-0.4, -0.2) is 35.1 Å². The van der Waals surface area contributed by atoms with E-state index in [-0.39, 0.29) is 11.8 Å². The van der Waals surface area contributed by atoms with Gasteiger partial charge in [-0.2, -0.15) is 0 Å². The van der Waals surface area contributed by atoms with Gasteiger partial charge in [0.2, 0.25) is 11.8 Å². The standard InChI is InChI=1S/C15H18N2O3S/c1-3-20-13-7-5-4-6-12(13)16-15(19)11(2)17-8-9-21-10-14(17)18/h4-9,11H,3,10H2,1-2H3,(H,16,19). The lowest BCUT2D eigenvalue weighted by Gasteiger charge is -2.27. The van der Waals surface area contributed by atoms with Crippen LogP contribution < -0.4 is 10.1 Å². The zero-order chi connectivity index (χ0) is 15.2. The van der Waals surface area contributed by atoms with E-state index in [1.54, 1.807) is 25.3 Å². The second kappa shape index (κ2) is 7.17. The lowest BCUT2D eigenvalue weighted by molar-refractivity contribution is -0.133. The van der Waals surface area contributed by atoms with Gasteiger partial charge in [0.15, 0.2) is 0 Å². The minimum atomic E-state index is -0.565. The smallest absolute Gasteiger partial charge is 0.247 e. The molecule has 0 radical (unpaired) electrons. The summed E-state index contributed by atoms with van der Waals surface area (Å²) in [4.78, 5) is 25.6. The van der Waals surface area contributed by atoms with Gasteiger partial charge in [0.05, 0.1) is 18.0 Å². The predicted octanol–water partition coefficient (Wildman–Crippen LogP) is 2.46. The highest BCUT2D eigenvalue weighted by atomic mass is 32.2. The molecule has 1 N–H and O–H groups in total. The molecular weight excluding hydrogens is 288 g/mol. The summed E-state index contributed by atoms with van der Waals surface area (Å²) in [5.41, 5.74) is 0.610. The fraction of sp³-hybridized carbons (Fsp3) is 0.333. The first kappa shape index (κ1) is 15.4. The first-order valence-electron chi connectivity index (χ1n) is 6.75. The van der Waals surface area contributed by atoms with Gasteiger partial charge in [-0.25, -0.2) is 0 Å². The van der Waals surface area contributed by atoms with Crippen molar-refractivity contribution in [2.45, 2.75) is 19.9 Å². The maximum atomic E-state index is 12.3. The Labute approximate surface area is 128 Å². The summed E-state index contributed by atoms with van der Waals surface area (Å²) in [6.45, 7) is 4.11. The number of para-hydroxylation sites is 2. The average molecular weight is 306 g/mol. The summed E-state index contributed by atoms with van der Waals surface area (Å²) in [6, 6.07) is 6.68. The van der Waals surface area contributed by atoms with E-state index in [1.165, 1.54) is 16.7 Å². The monoisotopic (exact) mass is 306 g/mol. The highest BCUT2D eigenvalue weighted by molar-refractivity contribution is 8.02. The Morgan fingerprint density at radius 3 is 2.95 bits per heavy atom. The predicted molar refractivity (Wildman–Crippen MR) is 84.1 cm³/mol. The van der Waals surface area contributed by atoms with E-state index >= 15 is 0 Å². The molecule has 0 fully saturated rings. The van der Waals surface area contributed by atoms with Crippen LogP contribution in [0.5, 0.6) is 5.75 Å². The average Bonchev–Trinajstić information content (AvgIpc) is 2.49. The van der Waals surface area contributed by atoms with Crippen molar-refractivity contribution in [3.63, 3.8) is 0 Å². The zero-order valence-electron chi connectivity index (χ0n) is 12.0. The fourth-order valence-corrected chi connectivity index (χ4v) is 2.55. The first-order valence-corrected chi connectivity index (χ1v) is 7.80. The van der Waals surface area contributed by atoms with Crippen molar-refractivity contribution in [1.82, 2.24) is 4.90 Å². The molecule has 6 heteroatoms. The van der Waals surface area contributed by atoms with Crippen LogP contribution in [0.15, 0.2) is 35.9 Å². The Morgan fingerprint density at radius 2 is 2.24 bits per heavy atom. The fourth-order valence-electron chi connectivity index (χ4n) is 1.95. The third-order valence-corrected chi connectivity index (χ3v) is 3.78. The Balaban J connectivity index is 2.09.